The van der Waals surface area contributed by atoms with Gasteiger partial charge in [-0.15, -0.1) is 0 Å². The fourth-order valence-electron chi connectivity index (χ4n) is 2.57. The Kier molecular flexibility index (Phi) is 6.76. The van der Waals surface area contributed by atoms with Crippen molar-refractivity contribution in [2.24, 2.45) is 0 Å². The van der Waals surface area contributed by atoms with E-state index in [1.165, 1.54) is 12.1 Å². The van der Waals surface area contributed by atoms with Crippen molar-refractivity contribution in [3.8, 4) is 0 Å². The minimum Gasteiger partial charge on any atom is -0.395 e. The van der Waals surface area contributed by atoms with Crippen molar-refractivity contribution in [1.29, 1.82) is 0 Å². The highest BCUT2D eigenvalue weighted by Gasteiger charge is 2.18. The Morgan fingerprint density at radius 2 is 1.77 bits per heavy atom. The first-order valence-corrected chi connectivity index (χ1v) is 7.74. The lowest BCUT2D eigenvalue weighted by Gasteiger charge is -2.33. The minimum absolute atomic E-state index is 0.0257. The summed E-state index contributed by atoms with van der Waals surface area (Å²) in [5, 5.41) is 11.8. The van der Waals surface area contributed by atoms with Crippen LogP contribution in [0.15, 0.2) is 24.3 Å². The van der Waals surface area contributed by atoms with Crippen molar-refractivity contribution in [2.45, 2.75) is 6.42 Å². The summed E-state index contributed by atoms with van der Waals surface area (Å²) in [6.45, 7) is 5.36. The lowest BCUT2D eigenvalue weighted by Crippen LogP contribution is -2.50. The predicted molar refractivity (Wildman–Crippen MR) is 83.1 cm³/mol. The van der Waals surface area contributed by atoms with Crippen LogP contribution >= 0.6 is 0 Å². The first-order chi connectivity index (χ1) is 10.7. The van der Waals surface area contributed by atoms with Gasteiger partial charge in [0.1, 0.15) is 5.82 Å². The quantitative estimate of drug-likeness (QED) is 0.750. The van der Waals surface area contributed by atoms with E-state index in [1.54, 1.807) is 12.1 Å². The summed E-state index contributed by atoms with van der Waals surface area (Å²) in [4.78, 5) is 16.2. The smallest absolute Gasteiger partial charge is 0.234 e. The molecule has 1 heterocycles. The average molecular weight is 309 g/mol. The summed E-state index contributed by atoms with van der Waals surface area (Å²) < 4.78 is 12.8. The van der Waals surface area contributed by atoms with E-state index in [4.69, 9.17) is 5.11 Å². The highest BCUT2D eigenvalue weighted by Crippen LogP contribution is 2.03. The molecule has 0 atom stereocenters. The lowest BCUT2D eigenvalue weighted by molar-refractivity contribution is -0.122. The number of hydrogen-bond acceptors (Lipinski definition) is 4. The molecule has 1 fully saturated rings. The Labute approximate surface area is 130 Å². The molecule has 0 aliphatic carbocycles. The summed E-state index contributed by atoms with van der Waals surface area (Å²) in [7, 11) is 0. The first kappa shape index (κ1) is 16.9. The normalized spacial score (nSPS) is 16.6. The number of hydrogen-bond donors (Lipinski definition) is 2. The molecule has 5 nitrogen and oxygen atoms in total. The van der Waals surface area contributed by atoms with E-state index in [0.717, 1.165) is 31.7 Å². The molecule has 1 aromatic rings. The highest BCUT2D eigenvalue weighted by atomic mass is 19.1. The molecule has 22 heavy (non-hydrogen) atoms. The van der Waals surface area contributed by atoms with E-state index >= 15 is 0 Å². The molecule has 0 spiro atoms. The van der Waals surface area contributed by atoms with Crippen LogP contribution in [0.1, 0.15) is 5.56 Å². The average Bonchev–Trinajstić information content (AvgIpc) is 2.51. The maximum Gasteiger partial charge on any atom is 0.234 e. The maximum absolute atomic E-state index is 12.8. The molecule has 2 N–H and O–H groups in total. The molecule has 0 aromatic heterocycles. The lowest BCUT2D eigenvalue weighted by atomic mass is 10.1. The van der Waals surface area contributed by atoms with Gasteiger partial charge in [-0.25, -0.2) is 4.39 Å². The molecule has 0 bridgehead atoms. The van der Waals surface area contributed by atoms with Crippen LogP contribution < -0.4 is 5.32 Å². The van der Waals surface area contributed by atoms with Gasteiger partial charge in [-0.2, -0.15) is 0 Å². The third kappa shape index (κ3) is 5.71. The predicted octanol–water partition coefficient (Wildman–Crippen LogP) is 0.0943. The number of nitrogens with zero attached hydrogens (tertiary/aromatic N) is 2. The number of benzene rings is 1. The van der Waals surface area contributed by atoms with Gasteiger partial charge >= 0.3 is 0 Å². The van der Waals surface area contributed by atoms with Crippen molar-refractivity contribution in [1.82, 2.24) is 15.1 Å². The van der Waals surface area contributed by atoms with E-state index in [9.17, 15) is 9.18 Å². The Hall–Kier alpha value is -1.50. The largest absolute Gasteiger partial charge is 0.395 e. The number of carbonyl (C=O) groups is 1. The molecule has 0 unspecified atom stereocenters. The van der Waals surface area contributed by atoms with Crippen molar-refractivity contribution < 1.29 is 14.3 Å². The van der Waals surface area contributed by atoms with Crippen LogP contribution in [-0.2, 0) is 11.2 Å². The molecule has 1 aliphatic heterocycles. The molecular formula is C16H24FN3O2. The molecule has 1 saturated heterocycles. The summed E-state index contributed by atoms with van der Waals surface area (Å²) in [5.41, 5.74) is 1.01. The second kappa shape index (κ2) is 8.82. The van der Waals surface area contributed by atoms with Gasteiger partial charge in [0.25, 0.3) is 0 Å². The van der Waals surface area contributed by atoms with E-state index in [2.05, 4.69) is 15.1 Å². The van der Waals surface area contributed by atoms with Gasteiger partial charge in [0.05, 0.1) is 13.2 Å². The highest BCUT2D eigenvalue weighted by molar-refractivity contribution is 5.78. The van der Waals surface area contributed by atoms with Gasteiger partial charge in [0.2, 0.25) is 5.91 Å². The number of β-amino-alcohol motifs (C(OH)–C–C–N with tert-alkyl or cyclic N) is 1. The van der Waals surface area contributed by atoms with Crippen LogP contribution in [0.3, 0.4) is 0 Å². The number of aliphatic hydroxyl groups is 1. The zero-order chi connectivity index (χ0) is 15.8. The summed E-state index contributed by atoms with van der Waals surface area (Å²) in [6.07, 6.45) is 0.705. The topological polar surface area (TPSA) is 55.8 Å². The number of carbonyl (C=O) groups excluding carboxylic acids is 1. The number of rotatable bonds is 7. The number of aliphatic hydroxyl groups excluding tert-OH is 1. The second-order valence-electron chi connectivity index (χ2n) is 5.57. The van der Waals surface area contributed by atoms with Crippen molar-refractivity contribution >= 4 is 5.91 Å². The van der Waals surface area contributed by atoms with Crippen molar-refractivity contribution in [2.75, 3.05) is 52.4 Å². The van der Waals surface area contributed by atoms with Gasteiger partial charge in [0.15, 0.2) is 0 Å². The van der Waals surface area contributed by atoms with Gasteiger partial charge in [-0.1, -0.05) is 12.1 Å². The molecule has 6 heteroatoms. The number of halogens is 1. The third-order valence-corrected chi connectivity index (χ3v) is 3.90. The zero-order valence-corrected chi connectivity index (χ0v) is 12.8. The fourth-order valence-corrected chi connectivity index (χ4v) is 2.57. The van der Waals surface area contributed by atoms with Crippen LogP contribution in [0.2, 0.25) is 0 Å². The molecule has 1 aromatic carbocycles. The Bertz CT molecular complexity index is 459. The molecule has 122 valence electrons. The third-order valence-electron chi connectivity index (χ3n) is 3.90. The standard InChI is InChI=1S/C16H24FN3O2/c17-15-3-1-14(2-4-15)5-6-18-16(22)13-20-9-7-19(8-10-20)11-12-21/h1-4,21H,5-13H2,(H,18,22). The second-order valence-corrected chi connectivity index (χ2v) is 5.57. The molecule has 0 radical (unpaired) electrons. The van der Waals surface area contributed by atoms with E-state index in [1.807, 2.05) is 0 Å². The maximum atomic E-state index is 12.8. The van der Waals surface area contributed by atoms with Crippen molar-refractivity contribution in [3.63, 3.8) is 0 Å². The minimum atomic E-state index is -0.242. The van der Waals surface area contributed by atoms with E-state index in [0.29, 0.717) is 26.1 Å². The summed E-state index contributed by atoms with van der Waals surface area (Å²) >= 11 is 0. The fraction of sp³-hybridized carbons (Fsp3) is 0.562. The first-order valence-electron chi connectivity index (χ1n) is 7.74. The number of amides is 1. The Morgan fingerprint density at radius 3 is 2.41 bits per heavy atom. The van der Waals surface area contributed by atoms with Gasteiger partial charge < -0.3 is 10.4 Å². The van der Waals surface area contributed by atoms with Gasteiger partial charge in [-0.3, -0.25) is 14.6 Å². The van der Waals surface area contributed by atoms with Crippen LogP contribution in [0.4, 0.5) is 4.39 Å². The summed E-state index contributed by atoms with van der Waals surface area (Å²) in [6, 6.07) is 6.34. The SMILES string of the molecule is O=C(CN1CCN(CCO)CC1)NCCc1ccc(F)cc1. The summed E-state index contributed by atoms with van der Waals surface area (Å²) in [5.74, 6) is -0.217. The van der Waals surface area contributed by atoms with E-state index in [-0.39, 0.29) is 18.3 Å². The molecule has 1 amide bonds. The van der Waals surface area contributed by atoms with Crippen LogP contribution in [0.25, 0.3) is 0 Å². The van der Waals surface area contributed by atoms with Crippen LogP contribution in [0, 0.1) is 5.82 Å². The Morgan fingerprint density at radius 1 is 1.14 bits per heavy atom. The monoisotopic (exact) mass is 309 g/mol. The zero-order valence-electron chi connectivity index (χ0n) is 12.8. The van der Waals surface area contributed by atoms with Gasteiger partial charge in [-0.05, 0) is 24.1 Å². The number of nitrogens with one attached hydrogen (secondary N) is 1. The Balaban J connectivity index is 1.61. The molecule has 0 saturated carbocycles. The van der Waals surface area contributed by atoms with Crippen LogP contribution in [-0.4, -0.2) is 73.2 Å². The molecule has 1 aliphatic rings. The van der Waals surface area contributed by atoms with Crippen LogP contribution in [0.5, 0.6) is 0 Å². The molecule has 2 rings (SSSR count). The molecular weight excluding hydrogens is 285 g/mol. The van der Waals surface area contributed by atoms with E-state index < -0.39 is 0 Å². The van der Waals surface area contributed by atoms with Crippen molar-refractivity contribution in [3.05, 3.63) is 35.6 Å². The number of piperazine rings is 1. The van der Waals surface area contributed by atoms with Gasteiger partial charge in [0, 0.05) is 39.3 Å².